The number of hydrogen-bond acceptors (Lipinski definition) is 4. The van der Waals surface area contributed by atoms with E-state index in [0.29, 0.717) is 5.82 Å². The number of hydrogen-bond donors (Lipinski definition) is 1. The van der Waals surface area contributed by atoms with Crippen LogP contribution in [0.4, 0.5) is 0 Å². The zero-order valence-corrected chi connectivity index (χ0v) is 36.3. The van der Waals surface area contributed by atoms with Crippen molar-refractivity contribution >= 4 is 42.7 Å². The SMILES string of the molecule is CC(C)(C)c1ccc(-n2c(-c3cc(C(C)(C)C)cc(C(C)(C)C)c3O)nc3c4c(ccc32)sc2ccc(-c3cccc(-c5ccccc5)c3)nc24)c(-c2ccccc2)c1. The van der Waals surface area contributed by atoms with Gasteiger partial charge in [-0.1, -0.05) is 153 Å². The van der Waals surface area contributed by atoms with E-state index in [4.69, 9.17) is 9.97 Å². The quantitative estimate of drug-likeness (QED) is 0.189. The number of thiophene rings is 1. The van der Waals surface area contributed by atoms with E-state index in [1.165, 1.54) is 11.1 Å². The van der Waals surface area contributed by atoms with Crippen LogP contribution in [0.15, 0.2) is 140 Å². The van der Waals surface area contributed by atoms with Gasteiger partial charge < -0.3 is 5.11 Å². The standard InChI is InChI=1S/C54H51N3OS/c1-52(2,3)37-23-25-43(39(30-37)34-19-14-11-15-20-34)57-44-26-28-45-47(48(44)56-51(57)40-31-38(53(4,5)6)32-41(50(40)58)54(7,8)9)49-46(59-45)27-24-42(55-49)36-22-16-21-35(29-36)33-17-12-10-13-18-33/h10-32,58H,1-9H3. The fraction of sp³-hybridized carbons (Fsp3) is 0.222. The first-order valence-electron chi connectivity index (χ1n) is 20.6. The average molecular weight is 790 g/mol. The second kappa shape index (κ2) is 14.1. The molecular formula is C54H51N3OS. The Hall–Kier alpha value is -6.04. The van der Waals surface area contributed by atoms with Gasteiger partial charge in [0.15, 0.2) is 0 Å². The van der Waals surface area contributed by atoms with Gasteiger partial charge in [0, 0.05) is 26.8 Å². The van der Waals surface area contributed by atoms with Crippen LogP contribution in [0, 0.1) is 0 Å². The molecule has 294 valence electrons. The van der Waals surface area contributed by atoms with Gasteiger partial charge in [0.05, 0.1) is 32.7 Å². The molecule has 9 aromatic rings. The van der Waals surface area contributed by atoms with Crippen molar-refractivity contribution in [3.05, 3.63) is 156 Å². The number of nitrogens with zero attached hydrogens (tertiary/aromatic N) is 3. The van der Waals surface area contributed by atoms with Crippen LogP contribution in [0.3, 0.4) is 0 Å². The van der Waals surface area contributed by atoms with E-state index in [-0.39, 0.29) is 22.0 Å². The van der Waals surface area contributed by atoms with E-state index < -0.39 is 0 Å². The monoisotopic (exact) mass is 789 g/mol. The maximum atomic E-state index is 12.5. The lowest BCUT2D eigenvalue weighted by atomic mass is 9.79. The van der Waals surface area contributed by atoms with Gasteiger partial charge in [-0.2, -0.15) is 0 Å². The summed E-state index contributed by atoms with van der Waals surface area (Å²) in [5.41, 5.74) is 13.8. The molecular weight excluding hydrogens is 739 g/mol. The van der Waals surface area contributed by atoms with E-state index in [1.807, 2.05) is 6.07 Å². The molecule has 0 aliphatic rings. The predicted octanol–water partition coefficient (Wildman–Crippen LogP) is 15.1. The van der Waals surface area contributed by atoms with E-state index in [2.05, 4.69) is 200 Å². The summed E-state index contributed by atoms with van der Waals surface area (Å²) in [6.45, 7) is 20.0. The maximum Gasteiger partial charge on any atom is 0.149 e. The second-order valence-corrected chi connectivity index (χ2v) is 20.0. The largest absolute Gasteiger partial charge is 0.507 e. The Labute approximate surface area is 351 Å². The fourth-order valence-electron chi connectivity index (χ4n) is 8.20. The number of aromatic nitrogens is 3. The molecule has 0 bridgehead atoms. The summed E-state index contributed by atoms with van der Waals surface area (Å²) >= 11 is 1.75. The topological polar surface area (TPSA) is 50.9 Å². The number of fused-ring (bicyclic) bond motifs is 5. The molecule has 0 aliphatic carbocycles. The minimum Gasteiger partial charge on any atom is -0.507 e. The summed E-state index contributed by atoms with van der Waals surface area (Å²) in [7, 11) is 0. The highest BCUT2D eigenvalue weighted by Crippen LogP contribution is 2.47. The number of pyridine rings is 1. The van der Waals surface area contributed by atoms with E-state index in [9.17, 15) is 5.11 Å². The first kappa shape index (κ1) is 38.5. The molecule has 1 N–H and O–H groups in total. The van der Waals surface area contributed by atoms with E-state index in [1.54, 1.807) is 11.3 Å². The highest BCUT2D eigenvalue weighted by Gasteiger charge is 2.30. The molecule has 59 heavy (non-hydrogen) atoms. The van der Waals surface area contributed by atoms with Crippen molar-refractivity contribution in [2.24, 2.45) is 0 Å². The van der Waals surface area contributed by atoms with Crippen LogP contribution < -0.4 is 0 Å². The lowest BCUT2D eigenvalue weighted by Crippen LogP contribution is -2.17. The Morgan fingerprint density at radius 2 is 1.12 bits per heavy atom. The van der Waals surface area contributed by atoms with Crippen LogP contribution in [-0.2, 0) is 16.2 Å². The molecule has 0 aliphatic heterocycles. The summed E-state index contributed by atoms with van der Waals surface area (Å²) in [5, 5.41) is 13.5. The predicted molar refractivity (Wildman–Crippen MR) is 251 cm³/mol. The Bertz CT molecular complexity index is 3040. The zero-order valence-electron chi connectivity index (χ0n) is 35.5. The number of rotatable bonds is 5. The minimum atomic E-state index is -0.310. The van der Waals surface area contributed by atoms with Gasteiger partial charge in [-0.05, 0) is 92.6 Å². The Morgan fingerprint density at radius 1 is 0.492 bits per heavy atom. The van der Waals surface area contributed by atoms with Crippen molar-refractivity contribution in [3.63, 3.8) is 0 Å². The molecule has 0 radical (unpaired) electrons. The first-order valence-corrected chi connectivity index (χ1v) is 21.4. The number of aromatic hydroxyl groups is 1. The number of imidazole rings is 1. The second-order valence-electron chi connectivity index (χ2n) is 18.9. The summed E-state index contributed by atoms with van der Waals surface area (Å²) in [6.07, 6.45) is 0. The molecule has 0 amide bonds. The van der Waals surface area contributed by atoms with Crippen LogP contribution in [0.25, 0.3) is 81.9 Å². The third-order valence-electron chi connectivity index (χ3n) is 11.6. The molecule has 0 saturated heterocycles. The lowest BCUT2D eigenvalue weighted by Gasteiger charge is -2.28. The molecule has 0 fully saturated rings. The molecule has 3 aromatic heterocycles. The van der Waals surface area contributed by atoms with Crippen LogP contribution in [0.5, 0.6) is 5.75 Å². The van der Waals surface area contributed by atoms with Crippen molar-refractivity contribution in [2.75, 3.05) is 0 Å². The van der Waals surface area contributed by atoms with Crippen molar-refractivity contribution in [3.8, 4) is 56.3 Å². The van der Waals surface area contributed by atoms with Crippen LogP contribution >= 0.6 is 11.3 Å². The molecule has 6 aromatic carbocycles. The van der Waals surface area contributed by atoms with Crippen molar-refractivity contribution in [2.45, 2.75) is 78.6 Å². The number of phenols is 1. The Balaban J connectivity index is 1.38. The third kappa shape index (κ3) is 6.91. The molecule has 9 rings (SSSR count). The third-order valence-corrected chi connectivity index (χ3v) is 12.7. The van der Waals surface area contributed by atoms with E-state index >= 15 is 0 Å². The fourth-order valence-corrected chi connectivity index (χ4v) is 9.24. The molecule has 0 spiro atoms. The van der Waals surface area contributed by atoms with Gasteiger partial charge in [0.25, 0.3) is 0 Å². The first-order chi connectivity index (χ1) is 28.1. The van der Waals surface area contributed by atoms with Crippen LogP contribution in [-0.4, -0.2) is 19.6 Å². The summed E-state index contributed by atoms with van der Waals surface area (Å²) in [6, 6.07) is 49.7. The Kier molecular flexibility index (Phi) is 9.17. The molecule has 0 unspecified atom stereocenters. The van der Waals surface area contributed by atoms with Gasteiger partial charge >= 0.3 is 0 Å². The summed E-state index contributed by atoms with van der Waals surface area (Å²) < 4.78 is 4.52. The maximum absolute atomic E-state index is 12.5. The van der Waals surface area contributed by atoms with Gasteiger partial charge in [0.1, 0.15) is 17.1 Å². The van der Waals surface area contributed by atoms with Crippen LogP contribution in [0.1, 0.15) is 79.0 Å². The molecule has 3 heterocycles. The Morgan fingerprint density at radius 3 is 1.80 bits per heavy atom. The lowest BCUT2D eigenvalue weighted by molar-refractivity contribution is 0.446. The van der Waals surface area contributed by atoms with E-state index in [0.717, 1.165) is 81.7 Å². The van der Waals surface area contributed by atoms with Crippen LogP contribution in [0.2, 0.25) is 0 Å². The number of benzene rings is 6. The average Bonchev–Trinajstić information content (AvgIpc) is 3.78. The van der Waals surface area contributed by atoms with Crippen molar-refractivity contribution in [1.82, 2.24) is 14.5 Å². The zero-order chi connectivity index (χ0) is 41.4. The normalized spacial score (nSPS) is 12.6. The highest BCUT2D eigenvalue weighted by molar-refractivity contribution is 7.25. The smallest absolute Gasteiger partial charge is 0.149 e. The minimum absolute atomic E-state index is 0.0610. The number of phenolic OH excluding ortho intramolecular Hbond substituents is 1. The summed E-state index contributed by atoms with van der Waals surface area (Å²) in [5.74, 6) is 0.966. The molecule has 5 heteroatoms. The van der Waals surface area contributed by atoms with Crippen molar-refractivity contribution < 1.29 is 5.11 Å². The van der Waals surface area contributed by atoms with Gasteiger partial charge in [-0.3, -0.25) is 4.57 Å². The van der Waals surface area contributed by atoms with Crippen molar-refractivity contribution in [1.29, 1.82) is 0 Å². The molecule has 0 saturated carbocycles. The van der Waals surface area contributed by atoms with Gasteiger partial charge in [-0.15, -0.1) is 11.3 Å². The molecule has 4 nitrogen and oxygen atoms in total. The van der Waals surface area contributed by atoms with Gasteiger partial charge in [-0.25, -0.2) is 9.97 Å². The summed E-state index contributed by atoms with van der Waals surface area (Å²) in [4.78, 5) is 11.1. The highest BCUT2D eigenvalue weighted by atomic mass is 32.1. The molecule has 0 atom stereocenters. The van der Waals surface area contributed by atoms with Gasteiger partial charge in [0.2, 0.25) is 0 Å².